The molecule has 8 heteroatoms. The number of fused-ring (bicyclic) bond motifs is 2. The summed E-state index contributed by atoms with van der Waals surface area (Å²) >= 11 is 19.1. The molecule has 0 spiro atoms. The smallest absolute Gasteiger partial charge is 0.258 e. The number of hydrogen-bond donors (Lipinski definition) is 2. The maximum atomic E-state index is 12.7. The molecule has 1 amide bonds. The van der Waals surface area contributed by atoms with Crippen LogP contribution >= 0.6 is 46.8 Å². The molecule has 1 aromatic heterocycles. The predicted octanol–water partition coefficient (Wildman–Crippen LogP) is 6.19. The molecule has 4 aromatic rings. The molecule has 140 valence electrons. The third-order valence-electron chi connectivity index (χ3n) is 4.23. The number of carbonyl (C=O) groups excluding carboxylic acids is 1. The van der Waals surface area contributed by atoms with Gasteiger partial charge in [-0.2, -0.15) is 0 Å². The van der Waals surface area contributed by atoms with Crippen LogP contribution in [0.5, 0.6) is 0 Å². The number of nitrogens with zero attached hydrogens (tertiary/aromatic N) is 1. The normalized spacial score (nSPS) is 11.0. The minimum atomic E-state index is -0.314. The standard InChI is InChI=1S/C20H13Cl2N3OS2/c1-10-8-17-16(9-15(10)22)23-20(28-17)25-19(27)24-18(26)13-6-2-5-12-11(13)4-3-7-14(12)21/h2-9H,1H3,(H2,23,24,25,26,27). The van der Waals surface area contributed by atoms with Gasteiger partial charge in [0.25, 0.3) is 5.91 Å². The number of benzene rings is 3. The van der Waals surface area contributed by atoms with Crippen molar-refractivity contribution in [2.75, 3.05) is 5.32 Å². The van der Waals surface area contributed by atoms with Crippen molar-refractivity contribution in [1.29, 1.82) is 0 Å². The number of aromatic nitrogens is 1. The van der Waals surface area contributed by atoms with E-state index >= 15 is 0 Å². The molecule has 4 nitrogen and oxygen atoms in total. The van der Waals surface area contributed by atoms with Gasteiger partial charge < -0.3 is 5.32 Å². The van der Waals surface area contributed by atoms with Crippen LogP contribution in [-0.4, -0.2) is 16.0 Å². The number of anilines is 1. The largest absolute Gasteiger partial charge is 0.308 e. The van der Waals surface area contributed by atoms with Gasteiger partial charge in [-0.1, -0.05) is 58.8 Å². The molecule has 1 heterocycles. The summed E-state index contributed by atoms with van der Waals surface area (Å²) in [6.07, 6.45) is 0. The first-order valence-electron chi connectivity index (χ1n) is 8.28. The minimum Gasteiger partial charge on any atom is -0.308 e. The number of halogens is 2. The molecule has 0 aliphatic heterocycles. The second-order valence-corrected chi connectivity index (χ2v) is 8.39. The van der Waals surface area contributed by atoms with E-state index in [0.29, 0.717) is 20.7 Å². The molecule has 3 aromatic carbocycles. The lowest BCUT2D eigenvalue weighted by Crippen LogP contribution is -2.34. The monoisotopic (exact) mass is 445 g/mol. The fourth-order valence-electron chi connectivity index (χ4n) is 2.87. The molecule has 0 aliphatic rings. The van der Waals surface area contributed by atoms with E-state index in [1.165, 1.54) is 11.3 Å². The van der Waals surface area contributed by atoms with Gasteiger partial charge in [0.1, 0.15) is 0 Å². The van der Waals surface area contributed by atoms with Crippen LogP contribution < -0.4 is 10.6 Å². The second kappa shape index (κ2) is 7.64. The van der Waals surface area contributed by atoms with Gasteiger partial charge in [0, 0.05) is 21.0 Å². The highest BCUT2D eigenvalue weighted by Gasteiger charge is 2.14. The Morgan fingerprint density at radius 1 is 1.07 bits per heavy atom. The molecule has 0 radical (unpaired) electrons. The van der Waals surface area contributed by atoms with Crippen LogP contribution in [0.3, 0.4) is 0 Å². The Kier molecular flexibility index (Phi) is 5.21. The molecule has 0 aliphatic carbocycles. The van der Waals surface area contributed by atoms with Gasteiger partial charge in [-0.25, -0.2) is 4.98 Å². The number of rotatable bonds is 2. The fraction of sp³-hybridized carbons (Fsp3) is 0.0500. The summed E-state index contributed by atoms with van der Waals surface area (Å²) in [5.74, 6) is -0.314. The number of carbonyl (C=O) groups is 1. The fourth-order valence-corrected chi connectivity index (χ4v) is 4.47. The number of amides is 1. The van der Waals surface area contributed by atoms with Crippen LogP contribution in [0.25, 0.3) is 21.0 Å². The van der Waals surface area contributed by atoms with Gasteiger partial charge in [-0.15, -0.1) is 0 Å². The predicted molar refractivity (Wildman–Crippen MR) is 122 cm³/mol. The Balaban J connectivity index is 1.54. The maximum Gasteiger partial charge on any atom is 0.258 e. The lowest BCUT2D eigenvalue weighted by molar-refractivity contribution is 0.0979. The van der Waals surface area contributed by atoms with Gasteiger partial charge >= 0.3 is 0 Å². The molecular weight excluding hydrogens is 433 g/mol. The average Bonchev–Trinajstić information content (AvgIpc) is 3.02. The Morgan fingerprint density at radius 3 is 2.64 bits per heavy atom. The summed E-state index contributed by atoms with van der Waals surface area (Å²) in [5.41, 5.74) is 2.26. The first kappa shape index (κ1) is 19.1. The molecule has 0 unspecified atom stereocenters. The SMILES string of the molecule is Cc1cc2sc(NC(=S)NC(=O)c3cccc4c(Cl)cccc34)nc2cc1Cl. The Labute approximate surface area is 180 Å². The summed E-state index contributed by atoms with van der Waals surface area (Å²) in [4.78, 5) is 17.2. The molecule has 0 saturated carbocycles. The summed E-state index contributed by atoms with van der Waals surface area (Å²) in [5, 5.41) is 9.26. The Bertz CT molecular complexity index is 1210. The summed E-state index contributed by atoms with van der Waals surface area (Å²) in [6.45, 7) is 1.94. The zero-order chi connectivity index (χ0) is 19.8. The van der Waals surface area contributed by atoms with E-state index in [9.17, 15) is 4.79 Å². The number of thiocarbonyl (C=S) groups is 1. The van der Waals surface area contributed by atoms with Gasteiger partial charge in [0.2, 0.25) is 0 Å². The number of thiazole rings is 1. The van der Waals surface area contributed by atoms with Crippen molar-refractivity contribution in [3.05, 3.63) is 69.7 Å². The van der Waals surface area contributed by atoms with Crippen molar-refractivity contribution in [3.8, 4) is 0 Å². The summed E-state index contributed by atoms with van der Waals surface area (Å²) in [7, 11) is 0. The van der Waals surface area contributed by atoms with Gasteiger partial charge in [0.15, 0.2) is 10.2 Å². The zero-order valence-corrected chi connectivity index (χ0v) is 17.7. The number of hydrogen-bond acceptors (Lipinski definition) is 4. The van der Waals surface area contributed by atoms with Gasteiger partial charge in [-0.3, -0.25) is 10.1 Å². The van der Waals surface area contributed by atoms with Crippen LogP contribution in [0, 0.1) is 6.92 Å². The van der Waals surface area contributed by atoms with E-state index in [1.54, 1.807) is 18.2 Å². The van der Waals surface area contributed by atoms with Crippen molar-refractivity contribution in [2.24, 2.45) is 0 Å². The van der Waals surface area contributed by atoms with Crippen LogP contribution in [0.1, 0.15) is 15.9 Å². The maximum absolute atomic E-state index is 12.7. The highest BCUT2D eigenvalue weighted by molar-refractivity contribution is 7.80. The van der Waals surface area contributed by atoms with E-state index in [2.05, 4.69) is 15.6 Å². The van der Waals surface area contributed by atoms with Crippen LogP contribution in [-0.2, 0) is 0 Å². The number of aryl methyl sites for hydroxylation is 1. The molecule has 4 rings (SSSR count). The minimum absolute atomic E-state index is 0.172. The van der Waals surface area contributed by atoms with Gasteiger partial charge in [0.05, 0.1) is 10.2 Å². The lowest BCUT2D eigenvalue weighted by atomic mass is 10.0. The second-order valence-electron chi connectivity index (χ2n) is 6.14. The van der Waals surface area contributed by atoms with E-state index in [0.717, 1.165) is 26.6 Å². The topological polar surface area (TPSA) is 54.0 Å². The summed E-state index contributed by atoms with van der Waals surface area (Å²) in [6, 6.07) is 14.6. The molecule has 0 atom stereocenters. The van der Waals surface area contributed by atoms with Crippen LogP contribution in [0.15, 0.2) is 48.5 Å². The van der Waals surface area contributed by atoms with Crippen molar-refractivity contribution in [3.63, 3.8) is 0 Å². The Hall–Kier alpha value is -2.25. The van der Waals surface area contributed by atoms with Crippen molar-refractivity contribution < 1.29 is 4.79 Å². The Morgan fingerprint density at radius 2 is 1.82 bits per heavy atom. The third kappa shape index (κ3) is 3.69. The molecule has 0 bridgehead atoms. The van der Waals surface area contributed by atoms with Crippen molar-refractivity contribution >= 4 is 83.9 Å². The average molecular weight is 446 g/mol. The molecule has 28 heavy (non-hydrogen) atoms. The van der Waals surface area contributed by atoms with E-state index in [1.807, 2.05) is 37.3 Å². The van der Waals surface area contributed by atoms with Crippen LogP contribution in [0.2, 0.25) is 10.0 Å². The lowest BCUT2D eigenvalue weighted by Gasteiger charge is -2.10. The van der Waals surface area contributed by atoms with E-state index in [-0.39, 0.29) is 11.0 Å². The molecule has 2 N–H and O–H groups in total. The molecule has 0 saturated heterocycles. The van der Waals surface area contributed by atoms with Crippen molar-refractivity contribution in [1.82, 2.24) is 10.3 Å². The summed E-state index contributed by atoms with van der Waals surface area (Å²) < 4.78 is 0.988. The molecular formula is C20H13Cl2N3OS2. The first-order valence-corrected chi connectivity index (χ1v) is 10.3. The highest BCUT2D eigenvalue weighted by atomic mass is 35.5. The van der Waals surface area contributed by atoms with Crippen molar-refractivity contribution in [2.45, 2.75) is 6.92 Å². The molecule has 0 fully saturated rings. The quantitative estimate of drug-likeness (QED) is 0.361. The third-order valence-corrected chi connectivity index (χ3v) is 6.10. The zero-order valence-electron chi connectivity index (χ0n) is 14.5. The van der Waals surface area contributed by atoms with E-state index in [4.69, 9.17) is 35.4 Å². The highest BCUT2D eigenvalue weighted by Crippen LogP contribution is 2.30. The van der Waals surface area contributed by atoms with Gasteiger partial charge in [-0.05, 0) is 54.4 Å². The van der Waals surface area contributed by atoms with Crippen LogP contribution in [0.4, 0.5) is 5.13 Å². The first-order chi connectivity index (χ1) is 13.4. The van der Waals surface area contributed by atoms with E-state index < -0.39 is 0 Å². The number of nitrogens with one attached hydrogen (secondary N) is 2.